The first-order valence-electron chi connectivity index (χ1n) is 33.5. The summed E-state index contributed by atoms with van der Waals surface area (Å²) in [6, 6.07) is -0.628. The van der Waals surface area contributed by atoms with Crippen LogP contribution in [0.2, 0.25) is 0 Å². The summed E-state index contributed by atoms with van der Waals surface area (Å²) < 4.78 is 5.48. The molecule has 0 aliphatic heterocycles. The second-order valence-electron chi connectivity index (χ2n) is 23.2. The van der Waals surface area contributed by atoms with Gasteiger partial charge in [-0.3, -0.25) is 9.59 Å². The Labute approximate surface area is 457 Å². The Morgan fingerprint density at radius 3 is 0.932 bits per heavy atom. The number of allylic oxidation sites excluding steroid dienone is 1. The van der Waals surface area contributed by atoms with Gasteiger partial charge in [-0.25, -0.2) is 0 Å². The van der Waals surface area contributed by atoms with Gasteiger partial charge in [-0.05, 0) is 32.1 Å². The predicted octanol–water partition coefficient (Wildman–Crippen LogP) is 21.2. The first-order valence-corrected chi connectivity index (χ1v) is 33.5. The van der Waals surface area contributed by atoms with Crippen LogP contribution < -0.4 is 5.32 Å². The van der Waals surface area contributed by atoms with E-state index in [-0.39, 0.29) is 18.5 Å². The Hall–Kier alpha value is -1.40. The number of ether oxygens (including phenoxy) is 1. The normalized spacial score (nSPS) is 12.5. The van der Waals surface area contributed by atoms with Crippen molar-refractivity contribution in [2.24, 2.45) is 0 Å². The maximum atomic E-state index is 12.5. The van der Waals surface area contributed by atoms with Crippen LogP contribution in [-0.4, -0.2) is 47.4 Å². The molecule has 1 amide bonds. The molecule has 0 aliphatic carbocycles. The largest absolute Gasteiger partial charge is 0.466 e. The number of carbonyl (C=O) groups excluding carboxylic acids is 2. The number of esters is 1. The third-order valence-electron chi connectivity index (χ3n) is 15.8. The fourth-order valence-electron chi connectivity index (χ4n) is 10.7. The van der Waals surface area contributed by atoms with E-state index in [0.717, 1.165) is 38.5 Å². The highest BCUT2D eigenvalue weighted by molar-refractivity contribution is 5.76. The Morgan fingerprint density at radius 2 is 0.630 bits per heavy atom. The Morgan fingerprint density at radius 1 is 0.370 bits per heavy atom. The fourth-order valence-corrected chi connectivity index (χ4v) is 10.7. The number of hydrogen-bond donors (Lipinski definition) is 3. The standard InChI is InChI=1S/C67H131NO5/c1-3-5-7-9-11-13-15-17-18-19-20-21-24-27-30-33-36-39-43-47-51-55-59-65(70)64(63-69)68-66(71)60-56-52-48-44-40-37-34-31-28-25-22-23-26-29-32-35-38-42-46-50-54-58-62-73-67(72)61-57-53-49-45-41-16-14-12-10-8-6-4-2/h55,59,64-65,69-70H,3-54,56-58,60-63H2,1-2H3,(H,68,71)/b59-55+. The predicted molar refractivity (Wildman–Crippen MR) is 320 cm³/mol. The summed E-state index contributed by atoms with van der Waals surface area (Å²) in [7, 11) is 0. The van der Waals surface area contributed by atoms with E-state index in [1.165, 1.54) is 315 Å². The van der Waals surface area contributed by atoms with Gasteiger partial charge in [0.05, 0.1) is 25.4 Å². The van der Waals surface area contributed by atoms with E-state index in [0.29, 0.717) is 19.4 Å². The molecule has 0 aliphatic rings. The average Bonchev–Trinajstić information content (AvgIpc) is 3.39. The van der Waals surface area contributed by atoms with Crippen LogP contribution in [0.1, 0.15) is 380 Å². The van der Waals surface area contributed by atoms with Gasteiger partial charge in [0.25, 0.3) is 0 Å². The quantitative estimate of drug-likeness (QED) is 0.0320. The van der Waals surface area contributed by atoms with Gasteiger partial charge in [-0.1, -0.05) is 347 Å². The molecule has 0 rings (SSSR count). The molecule has 0 radical (unpaired) electrons. The molecule has 0 spiro atoms. The highest BCUT2D eigenvalue weighted by Crippen LogP contribution is 2.19. The number of nitrogens with one attached hydrogen (secondary N) is 1. The molecule has 0 saturated heterocycles. The third-order valence-corrected chi connectivity index (χ3v) is 15.8. The van der Waals surface area contributed by atoms with E-state index in [9.17, 15) is 19.8 Å². The summed E-state index contributed by atoms with van der Waals surface area (Å²) in [5, 5.41) is 23.2. The zero-order chi connectivity index (χ0) is 52.9. The molecule has 6 heteroatoms. The summed E-state index contributed by atoms with van der Waals surface area (Å²) in [5.41, 5.74) is 0. The van der Waals surface area contributed by atoms with Gasteiger partial charge in [-0.2, -0.15) is 0 Å². The monoisotopic (exact) mass is 1030 g/mol. The van der Waals surface area contributed by atoms with Crippen molar-refractivity contribution in [1.82, 2.24) is 5.32 Å². The van der Waals surface area contributed by atoms with Gasteiger partial charge in [0.15, 0.2) is 0 Å². The van der Waals surface area contributed by atoms with Gasteiger partial charge in [0.1, 0.15) is 0 Å². The van der Waals surface area contributed by atoms with Crippen LogP contribution in [0.4, 0.5) is 0 Å². The lowest BCUT2D eigenvalue weighted by atomic mass is 10.0. The van der Waals surface area contributed by atoms with Crippen LogP contribution >= 0.6 is 0 Å². The lowest BCUT2D eigenvalue weighted by Crippen LogP contribution is -2.45. The van der Waals surface area contributed by atoms with Crippen molar-refractivity contribution in [1.29, 1.82) is 0 Å². The number of aliphatic hydroxyl groups is 2. The topological polar surface area (TPSA) is 95.9 Å². The number of unbranched alkanes of at least 4 members (excludes halogenated alkanes) is 52. The maximum Gasteiger partial charge on any atom is 0.305 e. The molecule has 0 bridgehead atoms. The van der Waals surface area contributed by atoms with Gasteiger partial charge in [0.2, 0.25) is 5.91 Å². The van der Waals surface area contributed by atoms with Crippen molar-refractivity contribution in [3.05, 3.63) is 12.2 Å². The minimum absolute atomic E-state index is 0.0143. The SMILES string of the molecule is CCCCCCCCCCCCCCCCCCCCCC/C=C/C(O)C(CO)NC(=O)CCCCCCCCCCCCCCCCCCCCCCCCOC(=O)CCCCCCCCCCCCCC. The Bertz CT molecular complexity index is 1100. The molecule has 6 nitrogen and oxygen atoms in total. The fraction of sp³-hybridized carbons (Fsp3) is 0.940. The van der Waals surface area contributed by atoms with E-state index in [4.69, 9.17) is 4.74 Å². The molecule has 0 fully saturated rings. The minimum Gasteiger partial charge on any atom is -0.466 e. The van der Waals surface area contributed by atoms with Gasteiger partial charge < -0.3 is 20.3 Å². The summed E-state index contributed by atoms with van der Waals surface area (Å²) in [6.45, 7) is 4.94. The van der Waals surface area contributed by atoms with Crippen LogP contribution in [-0.2, 0) is 14.3 Å². The summed E-state index contributed by atoms with van der Waals surface area (Å²) in [4.78, 5) is 24.5. The molecule has 2 atom stereocenters. The van der Waals surface area contributed by atoms with E-state index in [2.05, 4.69) is 19.2 Å². The Kier molecular flexibility index (Phi) is 61.9. The van der Waals surface area contributed by atoms with Crippen molar-refractivity contribution >= 4 is 11.9 Å². The van der Waals surface area contributed by atoms with E-state index < -0.39 is 12.1 Å². The highest BCUT2D eigenvalue weighted by atomic mass is 16.5. The van der Waals surface area contributed by atoms with Crippen LogP contribution in [0.3, 0.4) is 0 Å². The van der Waals surface area contributed by atoms with E-state index in [1.807, 2.05) is 6.08 Å². The molecule has 3 N–H and O–H groups in total. The lowest BCUT2D eigenvalue weighted by Gasteiger charge is -2.20. The van der Waals surface area contributed by atoms with Crippen LogP contribution in [0, 0.1) is 0 Å². The summed E-state index contributed by atoms with van der Waals surface area (Å²) in [5.74, 6) is -0.0493. The Balaban J connectivity index is 3.41. The number of carbonyl (C=O) groups is 2. The highest BCUT2D eigenvalue weighted by Gasteiger charge is 2.18. The second-order valence-corrected chi connectivity index (χ2v) is 23.2. The number of amides is 1. The van der Waals surface area contributed by atoms with Crippen LogP contribution in [0.5, 0.6) is 0 Å². The van der Waals surface area contributed by atoms with Crippen molar-refractivity contribution in [3.63, 3.8) is 0 Å². The summed E-state index contributed by atoms with van der Waals surface area (Å²) >= 11 is 0. The van der Waals surface area contributed by atoms with Crippen molar-refractivity contribution in [2.45, 2.75) is 392 Å². The van der Waals surface area contributed by atoms with Crippen molar-refractivity contribution in [2.75, 3.05) is 13.2 Å². The second kappa shape index (κ2) is 63.1. The minimum atomic E-state index is -0.845. The molecular formula is C67H131NO5. The van der Waals surface area contributed by atoms with E-state index in [1.54, 1.807) is 6.08 Å². The number of aliphatic hydroxyl groups excluding tert-OH is 2. The molecular weight excluding hydrogens is 899 g/mol. The molecule has 0 aromatic carbocycles. The van der Waals surface area contributed by atoms with Crippen molar-refractivity contribution < 1.29 is 24.5 Å². The molecule has 0 aromatic heterocycles. The van der Waals surface area contributed by atoms with Gasteiger partial charge >= 0.3 is 5.97 Å². The first kappa shape index (κ1) is 71.6. The molecule has 73 heavy (non-hydrogen) atoms. The molecule has 0 aromatic rings. The molecule has 0 saturated carbocycles. The lowest BCUT2D eigenvalue weighted by molar-refractivity contribution is -0.143. The summed E-state index contributed by atoms with van der Waals surface area (Å²) in [6.07, 6.45) is 77.0. The zero-order valence-corrected chi connectivity index (χ0v) is 49.6. The van der Waals surface area contributed by atoms with Crippen LogP contribution in [0.25, 0.3) is 0 Å². The molecule has 434 valence electrons. The third kappa shape index (κ3) is 59.7. The zero-order valence-electron chi connectivity index (χ0n) is 49.6. The molecule has 0 heterocycles. The number of hydrogen-bond acceptors (Lipinski definition) is 5. The first-order chi connectivity index (χ1) is 36.0. The van der Waals surface area contributed by atoms with Crippen LogP contribution in [0.15, 0.2) is 12.2 Å². The van der Waals surface area contributed by atoms with Gasteiger partial charge in [0, 0.05) is 12.8 Å². The maximum absolute atomic E-state index is 12.5. The van der Waals surface area contributed by atoms with Crippen molar-refractivity contribution in [3.8, 4) is 0 Å². The average molecular weight is 1030 g/mol. The molecule has 2 unspecified atom stereocenters. The smallest absolute Gasteiger partial charge is 0.305 e. The number of rotatable bonds is 63. The van der Waals surface area contributed by atoms with E-state index >= 15 is 0 Å². The van der Waals surface area contributed by atoms with Gasteiger partial charge in [-0.15, -0.1) is 0 Å².